The number of methoxy groups -OCH3 is 1. The molecule has 1 unspecified atom stereocenters. The Morgan fingerprint density at radius 2 is 2.10 bits per heavy atom. The zero-order valence-electron chi connectivity index (χ0n) is 13.6. The van der Waals surface area contributed by atoms with Crippen molar-refractivity contribution in [3.63, 3.8) is 0 Å². The second-order valence-electron chi connectivity index (χ2n) is 6.05. The fraction of sp³-hybridized carbons (Fsp3) is 0.800. The SMILES string of the molecule is CCCn1ncc(OC)c1C(N)C(C)(C)N1CCOCC1. The molecule has 6 nitrogen and oxygen atoms in total. The zero-order valence-corrected chi connectivity index (χ0v) is 13.6. The average Bonchev–Trinajstić information content (AvgIpc) is 2.90. The van der Waals surface area contributed by atoms with Gasteiger partial charge in [-0.25, -0.2) is 0 Å². The lowest BCUT2D eigenvalue weighted by Gasteiger charge is -2.44. The van der Waals surface area contributed by atoms with Crippen LogP contribution in [0.3, 0.4) is 0 Å². The maximum absolute atomic E-state index is 6.63. The molecule has 1 aliphatic rings. The lowest BCUT2D eigenvalue weighted by atomic mass is 9.89. The lowest BCUT2D eigenvalue weighted by Crippen LogP contribution is -2.55. The molecule has 2 rings (SSSR count). The van der Waals surface area contributed by atoms with E-state index in [1.165, 1.54) is 0 Å². The van der Waals surface area contributed by atoms with E-state index in [0.717, 1.165) is 50.7 Å². The predicted octanol–water partition coefficient (Wildman–Crippen LogP) is 1.41. The number of rotatable bonds is 6. The van der Waals surface area contributed by atoms with E-state index in [-0.39, 0.29) is 11.6 Å². The van der Waals surface area contributed by atoms with Crippen LogP contribution in [0.2, 0.25) is 0 Å². The molecular formula is C15H28N4O2. The van der Waals surface area contributed by atoms with Gasteiger partial charge in [0.2, 0.25) is 0 Å². The zero-order chi connectivity index (χ0) is 15.5. The minimum atomic E-state index is -0.178. The van der Waals surface area contributed by atoms with Gasteiger partial charge < -0.3 is 15.2 Å². The molecule has 1 aromatic heterocycles. The largest absolute Gasteiger partial charge is 0.493 e. The smallest absolute Gasteiger partial charge is 0.161 e. The van der Waals surface area contributed by atoms with Gasteiger partial charge in [0.05, 0.1) is 38.3 Å². The lowest BCUT2D eigenvalue weighted by molar-refractivity contribution is -0.0202. The van der Waals surface area contributed by atoms with Crippen molar-refractivity contribution in [3.8, 4) is 5.75 Å². The highest BCUT2D eigenvalue weighted by Crippen LogP contribution is 2.34. The van der Waals surface area contributed by atoms with Crippen molar-refractivity contribution < 1.29 is 9.47 Å². The van der Waals surface area contributed by atoms with E-state index in [1.54, 1.807) is 13.3 Å². The Hall–Kier alpha value is -1.11. The quantitative estimate of drug-likeness (QED) is 0.860. The summed E-state index contributed by atoms with van der Waals surface area (Å²) in [5.74, 6) is 0.775. The van der Waals surface area contributed by atoms with Crippen LogP contribution < -0.4 is 10.5 Å². The van der Waals surface area contributed by atoms with E-state index in [4.69, 9.17) is 15.2 Å². The molecule has 1 aliphatic heterocycles. The Balaban J connectivity index is 2.28. The summed E-state index contributed by atoms with van der Waals surface area (Å²) >= 11 is 0. The van der Waals surface area contributed by atoms with Crippen molar-refractivity contribution in [3.05, 3.63) is 11.9 Å². The third-order valence-corrected chi connectivity index (χ3v) is 4.38. The maximum atomic E-state index is 6.63. The van der Waals surface area contributed by atoms with E-state index < -0.39 is 0 Å². The summed E-state index contributed by atoms with van der Waals surface area (Å²) in [7, 11) is 1.67. The van der Waals surface area contributed by atoms with Gasteiger partial charge >= 0.3 is 0 Å². The molecule has 21 heavy (non-hydrogen) atoms. The molecule has 120 valence electrons. The van der Waals surface area contributed by atoms with E-state index in [9.17, 15) is 0 Å². The Kier molecular flexibility index (Phi) is 5.24. The van der Waals surface area contributed by atoms with Crippen LogP contribution in [-0.2, 0) is 11.3 Å². The molecular weight excluding hydrogens is 268 g/mol. The van der Waals surface area contributed by atoms with Gasteiger partial charge in [-0.05, 0) is 20.3 Å². The van der Waals surface area contributed by atoms with E-state index in [1.807, 2.05) is 4.68 Å². The first kappa shape index (κ1) is 16.3. The van der Waals surface area contributed by atoms with Gasteiger partial charge in [-0.3, -0.25) is 9.58 Å². The first-order valence-corrected chi connectivity index (χ1v) is 7.70. The van der Waals surface area contributed by atoms with Crippen molar-refractivity contribution in [2.45, 2.75) is 45.3 Å². The minimum Gasteiger partial charge on any atom is -0.493 e. The van der Waals surface area contributed by atoms with Gasteiger partial charge in [-0.1, -0.05) is 6.92 Å². The number of aryl methyl sites for hydroxylation is 1. The Morgan fingerprint density at radius 1 is 1.43 bits per heavy atom. The van der Waals surface area contributed by atoms with Gasteiger partial charge in [0, 0.05) is 25.2 Å². The highest BCUT2D eigenvalue weighted by Gasteiger charge is 2.38. The summed E-state index contributed by atoms with van der Waals surface area (Å²) in [6.45, 7) is 10.7. The monoisotopic (exact) mass is 296 g/mol. The summed E-state index contributed by atoms with van der Waals surface area (Å²) in [6.07, 6.45) is 2.78. The predicted molar refractivity (Wildman–Crippen MR) is 82.5 cm³/mol. The average molecular weight is 296 g/mol. The van der Waals surface area contributed by atoms with Gasteiger partial charge in [0.15, 0.2) is 5.75 Å². The summed E-state index contributed by atoms with van der Waals surface area (Å²) in [5.41, 5.74) is 7.44. The summed E-state index contributed by atoms with van der Waals surface area (Å²) < 4.78 is 12.9. The van der Waals surface area contributed by atoms with Crippen molar-refractivity contribution in [1.29, 1.82) is 0 Å². The third-order valence-electron chi connectivity index (χ3n) is 4.38. The van der Waals surface area contributed by atoms with E-state index >= 15 is 0 Å². The van der Waals surface area contributed by atoms with Crippen LogP contribution in [-0.4, -0.2) is 53.6 Å². The number of morpholine rings is 1. The van der Waals surface area contributed by atoms with Crippen molar-refractivity contribution in [2.24, 2.45) is 5.73 Å². The topological polar surface area (TPSA) is 65.5 Å². The number of nitrogens with two attached hydrogens (primary N) is 1. The van der Waals surface area contributed by atoms with E-state index in [2.05, 4.69) is 30.8 Å². The molecule has 1 fully saturated rings. The molecule has 1 aromatic rings. The fourth-order valence-corrected chi connectivity index (χ4v) is 2.91. The van der Waals surface area contributed by atoms with Crippen molar-refractivity contribution in [1.82, 2.24) is 14.7 Å². The first-order valence-electron chi connectivity index (χ1n) is 7.70. The first-order chi connectivity index (χ1) is 10.0. The van der Waals surface area contributed by atoms with Crippen molar-refractivity contribution in [2.75, 3.05) is 33.4 Å². The molecule has 0 aromatic carbocycles. The molecule has 0 saturated carbocycles. The number of aromatic nitrogens is 2. The van der Waals surface area contributed by atoms with Crippen molar-refractivity contribution >= 4 is 0 Å². The fourth-order valence-electron chi connectivity index (χ4n) is 2.91. The molecule has 1 atom stereocenters. The standard InChI is InChI=1S/C15H28N4O2/c1-5-6-19-13(12(20-4)11-17-19)14(16)15(2,3)18-7-9-21-10-8-18/h11,14H,5-10,16H2,1-4H3. The van der Waals surface area contributed by atoms with Crippen LogP contribution in [0.1, 0.15) is 38.9 Å². The third kappa shape index (κ3) is 3.22. The van der Waals surface area contributed by atoms with Crippen LogP contribution in [0.25, 0.3) is 0 Å². The molecule has 6 heteroatoms. The molecule has 2 heterocycles. The molecule has 0 amide bonds. The van der Waals surface area contributed by atoms with Crippen LogP contribution >= 0.6 is 0 Å². The Labute approximate surface area is 127 Å². The summed E-state index contributed by atoms with van der Waals surface area (Å²) in [6, 6.07) is -0.167. The summed E-state index contributed by atoms with van der Waals surface area (Å²) in [4.78, 5) is 2.39. The highest BCUT2D eigenvalue weighted by molar-refractivity contribution is 5.30. The molecule has 0 bridgehead atoms. The molecule has 2 N–H and O–H groups in total. The van der Waals surface area contributed by atoms with E-state index in [0.29, 0.717) is 0 Å². The Morgan fingerprint density at radius 3 is 2.67 bits per heavy atom. The molecule has 0 radical (unpaired) electrons. The highest BCUT2D eigenvalue weighted by atomic mass is 16.5. The maximum Gasteiger partial charge on any atom is 0.161 e. The van der Waals surface area contributed by atoms with Crippen LogP contribution in [0, 0.1) is 0 Å². The second-order valence-corrected chi connectivity index (χ2v) is 6.05. The van der Waals surface area contributed by atoms with Crippen LogP contribution in [0.4, 0.5) is 0 Å². The molecule has 1 saturated heterocycles. The number of hydrogen-bond acceptors (Lipinski definition) is 5. The number of hydrogen-bond donors (Lipinski definition) is 1. The van der Waals surface area contributed by atoms with Gasteiger partial charge in [-0.15, -0.1) is 0 Å². The second kappa shape index (κ2) is 6.77. The minimum absolute atomic E-state index is 0.167. The molecule has 0 spiro atoms. The van der Waals surface area contributed by atoms with Gasteiger partial charge in [-0.2, -0.15) is 5.10 Å². The van der Waals surface area contributed by atoms with Gasteiger partial charge in [0.25, 0.3) is 0 Å². The van der Waals surface area contributed by atoms with Crippen LogP contribution in [0.5, 0.6) is 5.75 Å². The molecule has 0 aliphatic carbocycles. The number of nitrogens with zero attached hydrogens (tertiary/aromatic N) is 3. The van der Waals surface area contributed by atoms with Gasteiger partial charge in [0.1, 0.15) is 0 Å². The normalized spacial score (nSPS) is 18.7. The Bertz CT molecular complexity index is 453. The summed E-state index contributed by atoms with van der Waals surface area (Å²) in [5, 5.41) is 4.42. The number of ether oxygens (including phenoxy) is 2. The van der Waals surface area contributed by atoms with Crippen LogP contribution in [0.15, 0.2) is 6.20 Å².